The van der Waals surface area contributed by atoms with E-state index in [4.69, 9.17) is 5.73 Å². The van der Waals surface area contributed by atoms with Crippen LogP contribution in [0.25, 0.3) is 0 Å². The molecule has 14 heavy (non-hydrogen) atoms. The second-order valence-corrected chi connectivity index (χ2v) is 2.99. The van der Waals surface area contributed by atoms with E-state index in [1.165, 1.54) is 4.90 Å². The highest BCUT2D eigenvalue weighted by molar-refractivity contribution is 6.02. The van der Waals surface area contributed by atoms with E-state index in [1.807, 2.05) is 0 Å². The third-order valence-corrected chi connectivity index (χ3v) is 2.10. The Morgan fingerprint density at radius 3 is 2.21 bits per heavy atom. The Balaban J connectivity index is 2.70. The normalized spacial score (nSPS) is 17.6. The van der Waals surface area contributed by atoms with E-state index in [-0.39, 0.29) is 37.4 Å². The molecule has 2 N–H and O–H groups in total. The predicted molar refractivity (Wildman–Crippen MR) is 48.0 cm³/mol. The molecular formula is C8H13N3O3. The Morgan fingerprint density at radius 2 is 1.86 bits per heavy atom. The molecule has 1 fully saturated rings. The van der Waals surface area contributed by atoms with Gasteiger partial charge in [0.2, 0.25) is 17.7 Å². The van der Waals surface area contributed by atoms with Gasteiger partial charge in [-0.25, -0.2) is 0 Å². The van der Waals surface area contributed by atoms with Crippen LogP contribution in [0.1, 0.15) is 6.92 Å². The molecule has 1 aliphatic heterocycles. The molecule has 3 amide bonds. The van der Waals surface area contributed by atoms with Gasteiger partial charge < -0.3 is 10.6 Å². The number of nitrogens with zero attached hydrogens (tertiary/aromatic N) is 2. The summed E-state index contributed by atoms with van der Waals surface area (Å²) in [4.78, 5) is 36.1. The number of hydrogen-bond acceptors (Lipinski definition) is 4. The molecule has 0 aliphatic carbocycles. The first kappa shape index (κ1) is 10.6. The lowest BCUT2D eigenvalue weighted by molar-refractivity contribution is -0.155. The van der Waals surface area contributed by atoms with Crippen LogP contribution in [0.15, 0.2) is 0 Å². The fourth-order valence-corrected chi connectivity index (χ4v) is 1.35. The predicted octanol–water partition coefficient (Wildman–Crippen LogP) is -1.84. The summed E-state index contributed by atoms with van der Waals surface area (Å²) in [5.74, 6) is -1.06. The van der Waals surface area contributed by atoms with Crippen LogP contribution in [0.4, 0.5) is 0 Å². The summed E-state index contributed by atoms with van der Waals surface area (Å²) in [6, 6.07) is 0. The molecule has 0 radical (unpaired) electrons. The average Bonchev–Trinajstić information content (AvgIpc) is 2.16. The number of hydrogen-bond donors (Lipinski definition) is 1. The zero-order valence-electron chi connectivity index (χ0n) is 8.02. The number of likely N-dealkylation sites (N-methyl/N-ethyl adjacent to an activating group) is 1. The fraction of sp³-hybridized carbons (Fsp3) is 0.625. The molecule has 0 aromatic rings. The van der Waals surface area contributed by atoms with Gasteiger partial charge in [0.05, 0.1) is 6.54 Å². The molecule has 0 unspecified atom stereocenters. The van der Waals surface area contributed by atoms with Crippen LogP contribution in [-0.2, 0) is 14.4 Å². The van der Waals surface area contributed by atoms with Crippen LogP contribution in [0, 0.1) is 0 Å². The Hall–Kier alpha value is -1.43. The summed E-state index contributed by atoms with van der Waals surface area (Å²) in [5.41, 5.74) is 5.13. The van der Waals surface area contributed by atoms with Crippen molar-refractivity contribution in [2.75, 3.05) is 26.2 Å². The zero-order valence-corrected chi connectivity index (χ0v) is 8.02. The van der Waals surface area contributed by atoms with Crippen LogP contribution in [0.3, 0.4) is 0 Å². The van der Waals surface area contributed by atoms with E-state index >= 15 is 0 Å². The smallest absolute Gasteiger partial charge is 0.248 e. The highest BCUT2D eigenvalue weighted by Gasteiger charge is 2.31. The number of rotatable bonds is 2. The molecule has 0 bridgehead atoms. The summed E-state index contributed by atoms with van der Waals surface area (Å²) in [6.07, 6.45) is 0. The maximum atomic E-state index is 11.3. The molecular weight excluding hydrogens is 186 g/mol. The molecule has 6 nitrogen and oxygen atoms in total. The molecule has 78 valence electrons. The van der Waals surface area contributed by atoms with E-state index in [9.17, 15) is 14.4 Å². The standard InChI is InChI=1S/C8H13N3O3/c1-2-11-7(13)4-10(5-8(11)14)6(12)3-9/h2-5,9H2,1H3. The van der Waals surface area contributed by atoms with E-state index in [1.54, 1.807) is 6.92 Å². The van der Waals surface area contributed by atoms with Crippen molar-refractivity contribution in [3.8, 4) is 0 Å². The second kappa shape index (κ2) is 4.19. The third-order valence-electron chi connectivity index (χ3n) is 2.10. The molecule has 1 saturated heterocycles. The van der Waals surface area contributed by atoms with Crippen molar-refractivity contribution in [1.29, 1.82) is 0 Å². The maximum absolute atomic E-state index is 11.3. The largest absolute Gasteiger partial charge is 0.323 e. The Labute approximate surface area is 81.6 Å². The number of carbonyl (C=O) groups is 3. The minimum atomic E-state index is -0.373. The Morgan fingerprint density at radius 1 is 1.36 bits per heavy atom. The minimum Gasteiger partial charge on any atom is -0.323 e. The highest BCUT2D eigenvalue weighted by atomic mass is 16.2. The SMILES string of the molecule is CCN1C(=O)CN(C(=O)CN)CC1=O. The monoisotopic (exact) mass is 199 g/mol. The van der Waals surface area contributed by atoms with E-state index in [0.717, 1.165) is 4.90 Å². The molecule has 6 heteroatoms. The van der Waals surface area contributed by atoms with Gasteiger partial charge in [-0.15, -0.1) is 0 Å². The second-order valence-electron chi connectivity index (χ2n) is 2.99. The quantitative estimate of drug-likeness (QED) is 0.530. The van der Waals surface area contributed by atoms with Crippen LogP contribution in [-0.4, -0.2) is 53.7 Å². The van der Waals surface area contributed by atoms with Gasteiger partial charge in [-0.1, -0.05) is 0 Å². The molecule has 0 atom stereocenters. The number of nitrogens with two attached hydrogens (primary N) is 1. The lowest BCUT2D eigenvalue weighted by Gasteiger charge is -2.31. The van der Waals surface area contributed by atoms with Crippen molar-refractivity contribution in [3.05, 3.63) is 0 Å². The lowest BCUT2D eigenvalue weighted by Crippen LogP contribution is -2.56. The van der Waals surface area contributed by atoms with Gasteiger partial charge in [0.1, 0.15) is 13.1 Å². The summed E-state index contributed by atoms with van der Waals surface area (Å²) < 4.78 is 0. The van der Waals surface area contributed by atoms with Crippen molar-refractivity contribution in [1.82, 2.24) is 9.80 Å². The number of imide groups is 1. The van der Waals surface area contributed by atoms with Crippen LogP contribution < -0.4 is 5.73 Å². The third kappa shape index (κ3) is 1.90. The topological polar surface area (TPSA) is 83.7 Å². The molecule has 0 saturated carbocycles. The molecule has 0 aromatic carbocycles. The van der Waals surface area contributed by atoms with Crippen molar-refractivity contribution in [2.24, 2.45) is 5.73 Å². The summed E-state index contributed by atoms with van der Waals surface area (Å²) >= 11 is 0. The number of carbonyl (C=O) groups excluding carboxylic acids is 3. The molecule has 0 spiro atoms. The molecule has 1 aliphatic rings. The van der Waals surface area contributed by atoms with Gasteiger partial charge in [-0.2, -0.15) is 0 Å². The minimum absolute atomic E-state index is 0.0460. The number of amides is 3. The first-order chi connectivity index (χ1) is 6.60. The van der Waals surface area contributed by atoms with Crippen molar-refractivity contribution in [3.63, 3.8) is 0 Å². The Kier molecular flexibility index (Phi) is 3.19. The van der Waals surface area contributed by atoms with Gasteiger partial charge in [-0.05, 0) is 6.92 Å². The van der Waals surface area contributed by atoms with E-state index < -0.39 is 0 Å². The first-order valence-electron chi connectivity index (χ1n) is 4.41. The van der Waals surface area contributed by atoms with E-state index in [0.29, 0.717) is 6.54 Å². The number of piperazine rings is 1. The van der Waals surface area contributed by atoms with Gasteiger partial charge in [-0.3, -0.25) is 19.3 Å². The lowest BCUT2D eigenvalue weighted by atomic mass is 10.3. The maximum Gasteiger partial charge on any atom is 0.248 e. The summed E-state index contributed by atoms with van der Waals surface area (Å²) in [5, 5.41) is 0. The zero-order chi connectivity index (χ0) is 10.7. The summed E-state index contributed by atoms with van der Waals surface area (Å²) in [7, 11) is 0. The van der Waals surface area contributed by atoms with Crippen molar-refractivity contribution < 1.29 is 14.4 Å². The van der Waals surface area contributed by atoms with Crippen molar-refractivity contribution >= 4 is 17.7 Å². The van der Waals surface area contributed by atoms with Gasteiger partial charge in [0, 0.05) is 6.54 Å². The van der Waals surface area contributed by atoms with Gasteiger partial charge >= 0.3 is 0 Å². The van der Waals surface area contributed by atoms with E-state index in [2.05, 4.69) is 0 Å². The van der Waals surface area contributed by atoms with Crippen LogP contribution >= 0.6 is 0 Å². The first-order valence-corrected chi connectivity index (χ1v) is 4.41. The van der Waals surface area contributed by atoms with Gasteiger partial charge in [0.25, 0.3) is 0 Å². The molecule has 1 heterocycles. The van der Waals surface area contributed by atoms with Crippen molar-refractivity contribution in [2.45, 2.75) is 6.92 Å². The average molecular weight is 199 g/mol. The molecule has 0 aromatic heterocycles. The Bertz CT molecular complexity index is 259. The highest BCUT2D eigenvalue weighted by Crippen LogP contribution is 2.04. The van der Waals surface area contributed by atoms with Gasteiger partial charge in [0.15, 0.2) is 0 Å². The fourth-order valence-electron chi connectivity index (χ4n) is 1.35. The van der Waals surface area contributed by atoms with Crippen LogP contribution in [0.2, 0.25) is 0 Å². The van der Waals surface area contributed by atoms with Crippen LogP contribution in [0.5, 0.6) is 0 Å². The summed E-state index contributed by atoms with van der Waals surface area (Å²) in [6.45, 7) is 1.80. The molecule has 1 rings (SSSR count).